The number of hydrogen-bond donors (Lipinski definition) is 1. The molecule has 0 aromatic carbocycles. The second kappa shape index (κ2) is 5.66. The van der Waals surface area contributed by atoms with E-state index < -0.39 is 0 Å². The summed E-state index contributed by atoms with van der Waals surface area (Å²) >= 11 is 0. The quantitative estimate of drug-likeness (QED) is 0.922. The number of aromatic nitrogens is 2. The van der Waals surface area contributed by atoms with E-state index in [1.807, 2.05) is 4.68 Å². The fourth-order valence-electron chi connectivity index (χ4n) is 4.24. The maximum atomic E-state index is 6.42. The number of nitrogen functional groups attached to an aromatic ring is 1. The molecule has 4 nitrogen and oxygen atoms in total. The van der Waals surface area contributed by atoms with E-state index in [0.29, 0.717) is 6.04 Å². The predicted molar refractivity (Wildman–Crippen MR) is 83.9 cm³/mol. The molecule has 20 heavy (non-hydrogen) atoms. The molecular weight excluding hydrogens is 248 g/mol. The smallest absolute Gasteiger partial charge is 0.150 e. The molecule has 0 bridgehead atoms. The minimum atomic E-state index is 0.699. The van der Waals surface area contributed by atoms with Crippen molar-refractivity contribution in [1.82, 2.24) is 9.78 Å². The Morgan fingerprint density at radius 1 is 1.20 bits per heavy atom. The SMILES string of the molecule is CCCc1nn(C)c(N2CCC[C@H]3CCCC[C@H]32)c1N. The molecule has 1 aliphatic heterocycles. The first-order valence-corrected chi connectivity index (χ1v) is 8.30. The molecule has 1 saturated carbocycles. The van der Waals surface area contributed by atoms with Crippen molar-refractivity contribution in [2.75, 3.05) is 17.2 Å². The monoisotopic (exact) mass is 276 g/mol. The standard InChI is InChI=1S/C16H28N4/c1-3-7-13-15(17)16(19(2)18-13)20-11-6-9-12-8-4-5-10-14(12)20/h12,14H,3-11,17H2,1-2H3/t12-,14-/m1/s1. The summed E-state index contributed by atoms with van der Waals surface area (Å²) in [5.41, 5.74) is 8.44. The Morgan fingerprint density at radius 2 is 1.95 bits per heavy atom. The highest BCUT2D eigenvalue weighted by Crippen LogP contribution is 2.40. The van der Waals surface area contributed by atoms with E-state index in [2.05, 4.69) is 24.0 Å². The molecule has 1 aromatic heterocycles. The lowest BCUT2D eigenvalue weighted by Gasteiger charge is -2.45. The van der Waals surface area contributed by atoms with Crippen molar-refractivity contribution in [3.05, 3.63) is 5.69 Å². The van der Waals surface area contributed by atoms with Crippen LogP contribution in [0.4, 0.5) is 11.5 Å². The molecule has 1 aromatic rings. The van der Waals surface area contributed by atoms with Crippen LogP contribution < -0.4 is 10.6 Å². The van der Waals surface area contributed by atoms with Crippen LogP contribution in [0.3, 0.4) is 0 Å². The highest BCUT2D eigenvalue weighted by atomic mass is 15.4. The minimum absolute atomic E-state index is 0.699. The predicted octanol–water partition coefficient (Wildman–Crippen LogP) is 3.11. The molecule has 3 rings (SSSR count). The largest absolute Gasteiger partial charge is 0.394 e. The maximum absolute atomic E-state index is 6.42. The maximum Gasteiger partial charge on any atom is 0.150 e. The number of fused-ring (bicyclic) bond motifs is 1. The average Bonchev–Trinajstić information content (AvgIpc) is 2.74. The summed E-state index contributed by atoms with van der Waals surface area (Å²) in [5.74, 6) is 2.06. The third kappa shape index (κ3) is 2.29. The topological polar surface area (TPSA) is 47.1 Å². The van der Waals surface area contributed by atoms with Gasteiger partial charge in [-0.05, 0) is 38.0 Å². The van der Waals surface area contributed by atoms with Crippen molar-refractivity contribution < 1.29 is 0 Å². The van der Waals surface area contributed by atoms with Crippen LogP contribution in [0, 0.1) is 5.92 Å². The zero-order valence-corrected chi connectivity index (χ0v) is 12.9. The summed E-state index contributed by atoms with van der Waals surface area (Å²) in [5, 5.41) is 4.66. The number of piperidine rings is 1. The number of nitrogens with zero attached hydrogens (tertiary/aromatic N) is 3. The molecule has 4 heteroatoms. The van der Waals surface area contributed by atoms with Crippen molar-refractivity contribution in [3.63, 3.8) is 0 Å². The summed E-state index contributed by atoms with van der Waals surface area (Å²) < 4.78 is 2.03. The van der Waals surface area contributed by atoms with Gasteiger partial charge in [-0.3, -0.25) is 4.68 Å². The molecule has 0 spiro atoms. The third-order valence-electron chi connectivity index (χ3n) is 5.13. The number of aryl methyl sites for hydroxylation is 2. The lowest BCUT2D eigenvalue weighted by atomic mass is 9.78. The molecule has 0 unspecified atom stereocenters. The average molecular weight is 276 g/mol. The molecule has 2 heterocycles. The first-order valence-electron chi connectivity index (χ1n) is 8.30. The second-order valence-corrected chi connectivity index (χ2v) is 6.51. The van der Waals surface area contributed by atoms with Crippen molar-refractivity contribution in [2.24, 2.45) is 13.0 Å². The first kappa shape index (κ1) is 13.8. The summed E-state index contributed by atoms with van der Waals surface area (Å²) in [6, 6.07) is 0.699. The van der Waals surface area contributed by atoms with Gasteiger partial charge in [-0.2, -0.15) is 5.10 Å². The number of nitrogens with two attached hydrogens (primary N) is 1. The Labute approximate surface area is 122 Å². The van der Waals surface area contributed by atoms with Crippen LogP contribution in [0.15, 0.2) is 0 Å². The van der Waals surface area contributed by atoms with Crippen LogP contribution in [0.25, 0.3) is 0 Å². The van der Waals surface area contributed by atoms with Crippen LogP contribution in [0.1, 0.15) is 57.6 Å². The highest BCUT2D eigenvalue weighted by molar-refractivity contribution is 5.67. The highest BCUT2D eigenvalue weighted by Gasteiger charge is 2.35. The Hall–Kier alpha value is -1.19. The van der Waals surface area contributed by atoms with Gasteiger partial charge in [0, 0.05) is 19.6 Å². The number of anilines is 2. The normalized spacial score (nSPS) is 26.6. The molecule has 112 valence electrons. The second-order valence-electron chi connectivity index (χ2n) is 6.51. The summed E-state index contributed by atoms with van der Waals surface area (Å²) in [6.07, 6.45) is 10.3. The van der Waals surface area contributed by atoms with Gasteiger partial charge >= 0.3 is 0 Å². The van der Waals surface area contributed by atoms with E-state index in [-0.39, 0.29) is 0 Å². The number of hydrogen-bond acceptors (Lipinski definition) is 3. The summed E-state index contributed by atoms with van der Waals surface area (Å²) in [4.78, 5) is 2.58. The molecule has 2 aliphatic rings. The molecule has 0 amide bonds. The Bertz CT molecular complexity index is 463. The van der Waals surface area contributed by atoms with E-state index >= 15 is 0 Å². The molecule has 2 fully saturated rings. The van der Waals surface area contributed by atoms with Gasteiger partial charge in [-0.15, -0.1) is 0 Å². The van der Waals surface area contributed by atoms with Crippen molar-refractivity contribution in [2.45, 2.75) is 64.3 Å². The summed E-state index contributed by atoms with van der Waals surface area (Å²) in [6.45, 7) is 3.34. The molecule has 1 saturated heterocycles. The van der Waals surface area contributed by atoms with E-state index in [0.717, 1.165) is 36.7 Å². The van der Waals surface area contributed by atoms with Gasteiger partial charge in [-0.1, -0.05) is 26.2 Å². The van der Waals surface area contributed by atoms with E-state index in [1.165, 1.54) is 44.3 Å². The van der Waals surface area contributed by atoms with E-state index in [4.69, 9.17) is 5.73 Å². The fourth-order valence-corrected chi connectivity index (χ4v) is 4.24. The van der Waals surface area contributed by atoms with Crippen LogP contribution in [0.2, 0.25) is 0 Å². The van der Waals surface area contributed by atoms with Crippen molar-refractivity contribution in [1.29, 1.82) is 0 Å². The van der Waals surface area contributed by atoms with Gasteiger partial charge in [0.25, 0.3) is 0 Å². The van der Waals surface area contributed by atoms with E-state index in [1.54, 1.807) is 0 Å². The van der Waals surface area contributed by atoms with E-state index in [9.17, 15) is 0 Å². The van der Waals surface area contributed by atoms with Gasteiger partial charge < -0.3 is 10.6 Å². The Kier molecular flexibility index (Phi) is 3.90. The molecule has 0 radical (unpaired) electrons. The Morgan fingerprint density at radius 3 is 2.75 bits per heavy atom. The fraction of sp³-hybridized carbons (Fsp3) is 0.812. The lowest BCUT2D eigenvalue weighted by Crippen LogP contribution is -2.47. The van der Waals surface area contributed by atoms with Crippen molar-refractivity contribution in [3.8, 4) is 0 Å². The van der Waals surface area contributed by atoms with Crippen molar-refractivity contribution >= 4 is 11.5 Å². The Balaban J connectivity index is 1.90. The van der Waals surface area contributed by atoms with Crippen LogP contribution in [0.5, 0.6) is 0 Å². The summed E-state index contributed by atoms with van der Waals surface area (Å²) in [7, 11) is 2.05. The molecular formula is C16H28N4. The van der Waals surface area contributed by atoms with Crippen LogP contribution >= 0.6 is 0 Å². The van der Waals surface area contributed by atoms with Gasteiger partial charge in [0.1, 0.15) is 0 Å². The number of rotatable bonds is 3. The minimum Gasteiger partial charge on any atom is -0.394 e. The lowest BCUT2D eigenvalue weighted by molar-refractivity contribution is 0.241. The zero-order chi connectivity index (χ0) is 14.1. The van der Waals surface area contributed by atoms with Gasteiger partial charge in [-0.25, -0.2) is 0 Å². The first-order chi connectivity index (χ1) is 9.72. The van der Waals surface area contributed by atoms with Gasteiger partial charge in [0.05, 0.1) is 11.4 Å². The van der Waals surface area contributed by atoms with Crippen LogP contribution in [-0.2, 0) is 13.5 Å². The molecule has 2 N–H and O–H groups in total. The van der Waals surface area contributed by atoms with Crippen LogP contribution in [-0.4, -0.2) is 22.4 Å². The third-order valence-corrected chi connectivity index (χ3v) is 5.13. The zero-order valence-electron chi connectivity index (χ0n) is 12.9. The molecule has 2 atom stereocenters. The van der Waals surface area contributed by atoms with Gasteiger partial charge in [0.2, 0.25) is 0 Å². The van der Waals surface area contributed by atoms with Gasteiger partial charge in [0.15, 0.2) is 5.82 Å². The molecule has 1 aliphatic carbocycles.